The molecule has 21 heavy (non-hydrogen) atoms. The molecule has 0 aliphatic carbocycles. The number of nitrogens with zero attached hydrogens (tertiary/aromatic N) is 1. The summed E-state index contributed by atoms with van der Waals surface area (Å²) in [7, 11) is 0. The van der Waals surface area contributed by atoms with Gasteiger partial charge in [-0.3, -0.25) is 9.59 Å². The topological polar surface area (TPSA) is 73.4 Å². The van der Waals surface area contributed by atoms with Crippen LogP contribution in [0.5, 0.6) is 0 Å². The zero-order valence-corrected chi connectivity index (χ0v) is 11.9. The Balaban J connectivity index is 1.88. The SMILES string of the molecule is C[C@@H]1[C@H](C(=O)O)CCCN1C(=O)c1cc2ccccc2[nH]1. The van der Waals surface area contributed by atoms with Crippen LogP contribution in [0.3, 0.4) is 0 Å². The second-order valence-electron chi connectivity index (χ2n) is 5.60. The van der Waals surface area contributed by atoms with E-state index in [4.69, 9.17) is 0 Å². The quantitative estimate of drug-likeness (QED) is 0.890. The number of para-hydroxylation sites is 1. The molecule has 2 heterocycles. The van der Waals surface area contributed by atoms with Crippen molar-refractivity contribution in [2.45, 2.75) is 25.8 Å². The van der Waals surface area contributed by atoms with Crippen LogP contribution in [0.15, 0.2) is 30.3 Å². The van der Waals surface area contributed by atoms with Gasteiger partial charge in [0.1, 0.15) is 5.69 Å². The van der Waals surface area contributed by atoms with Crippen molar-refractivity contribution in [3.05, 3.63) is 36.0 Å². The van der Waals surface area contributed by atoms with E-state index in [9.17, 15) is 14.7 Å². The normalized spacial score (nSPS) is 22.4. The number of hydrogen-bond donors (Lipinski definition) is 2. The largest absolute Gasteiger partial charge is 0.481 e. The summed E-state index contributed by atoms with van der Waals surface area (Å²) in [6.45, 7) is 2.43. The van der Waals surface area contributed by atoms with E-state index in [1.807, 2.05) is 37.3 Å². The highest BCUT2D eigenvalue weighted by molar-refractivity contribution is 5.98. The summed E-state index contributed by atoms with van der Waals surface area (Å²) >= 11 is 0. The van der Waals surface area contributed by atoms with E-state index in [1.165, 1.54) is 0 Å². The summed E-state index contributed by atoms with van der Waals surface area (Å²) in [5.74, 6) is -1.42. The van der Waals surface area contributed by atoms with Crippen LogP contribution in [0.25, 0.3) is 10.9 Å². The van der Waals surface area contributed by atoms with Gasteiger partial charge in [-0.2, -0.15) is 0 Å². The van der Waals surface area contributed by atoms with Gasteiger partial charge in [0.15, 0.2) is 0 Å². The molecule has 1 amide bonds. The van der Waals surface area contributed by atoms with Crippen LogP contribution in [0.2, 0.25) is 0 Å². The second kappa shape index (κ2) is 5.24. The number of piperidine rings is 1. The van der Waals surface area contributed by atoms with E-state index in [0.717, 1.165) is 17.3 Å². The van der Waals surface area contributed by atoms with E-state index in [2.05, 4.69) is 4.98 Å². The van der Waals surface area contributed by atoms with Gasteiger partial charge in [0.2, 0.25) is 0 Å². The van der Waals surface area contributed by atoms with Crippen LogP contribution in [0, 0.1) is 5.92 Å². The van der Waals surface area contributed by atoms with Crippen LogP contribution in [0.1, 0.15) is 30.3 Å². The molecule has 0 saturated carbocycles. The second-order valence-corrected chi connectivity index (χ2v) is 5.60. The van der Waals surface area contributed by atoms with Crippen molar-refractivity contribution in [1.29, 1.82) is 0 Å². The first kappa shape index (κ1) is 13.7. The number of rotatable bonds is 2. The highest BCUT2D eigenvalue weighted by Gasteiger charge is 2.35. The van der Waals surface area contributed by atoms with Gasteiger partial charge in [0, 0.05) is 23.5 Å². The minimum absolute atomic E-state index is 0.121. The molecular weight excluding hydrogens is 268 g/mol. The van der Waals surface area contributed by atoms with Gasteiger partial charge in [0.05, 0.1) is 5.92 Å². The molecule has 110 valence electrons. The molecule has 1 aromatic heterocycles. The summed E-state index contributed by atoms with van der Waals surface area (Å²) in [5.41, 5.74) is 1.44. The molecule has 5 heteroatoms. The molecule has 5 nitrogen and oxygen atoms in total. The third-order valence-electron chi connectivity index (χ3n) is 4.33. The number of likely N-dealkylation sites (tertiary alicyclic amines) is 1. The summed E-state index contributed by atoms with van der Waals surface area (Å²) in [4.78, 5) is 28.7. The minimum Gasteiger partial charge on any atom is -0.481 e. The number of carboxylic acids is 1. The summed E-state index contributed by atoms with van der Waals surface area (Å²) in [5, 5.41) is 10.2. The molecule has 1 fully saturated rings. The number of carboxylic acid groups (broad SMARTS) is 1. The first-order valence-electron chi connectivity index (χ1n) is 7.19. The van der Waals surface area contributed by atoms with E-state index in [1.54, 1.807) is 4.90 Å². The third kappa shape index (κ3) is 2.39. The molecule has 0 unspecified atom stereocenters. The molecule has 2 N–H and O–H groups in total. The number of carbonyl (C=O) groups is 2. The molecule has 0 spiro atoms. The molecule has 1 aromatic carbocycles. The highest BCUT2D eigenvalue weighted by atomic mass is 16.4. The Morgan fingerprint density at radius 1 is 1.33 bits per heavy atom. The minimum atomic E-state index is -0.823. The van der Waals surface area contributed by atoms with Crippen molar-refractivity contribution in [2.24, 2.45) is 5.92 Å². The van der Waals surface area contributed by atoms with Crippen molar-refractivity contribution in [3.8, 4) is 0 Å². The van der Waals surface area contributed by atoms with Crippen molar-refractivity contribution >= 4 is 22.8 Å². The fourth-order valence-electron chi connectivity index (χ4n) is 3.10. The number of aromatic nitrogens is 1. The lowest BCUT2D eigenvalue weighted by Gasteiger charge is -2.37. The summed E-state index contributed by atoms with van der Waals surface area (Å²) < 4.78 is 0. The highest BCUT2D eigenvalue weighted by Crippen LogP contribution is 2.26. The maximum atomic E-state index is 12.6. The number of aliphatic carboxylic acids is 1. The number of aromatic amines is 1. The average Bonchev–Trinajstić information content (AvgIpc) is 2.90. The van der Waals surface area contributed by atoms with Gasteiger partial charge in [-0.15, -0.1) is 0 Å². The van der Waals surface area contributed by atoms with Gasteiger partial charge in [-0.25, -0.2) is 0 Å². The summed E-state index contributed by atoms with van der Waals surface area (Å²) in [6.07, 6.45) is 1.36. The molecule has 2 atom stereocenters. The maximum Gasteiger partial charge on any atom is 0.308 e. The van der Waals surface area contributed by atoms with Crippen LogP contribution >= 0.6 is 0 Å². The monoisotopic (exact) mass is 286 g/mol. The zero-order chi connectivity index (χ0) is 15.0. The molecule has 1 saturated heterocycles. The predicted molar refractivity (Wildman–Crippen MR) is 79.2 cm³/mol. The molecule has 0 bridgehead atoms. The Labute approximate surface area is 122 Å². The Morgan fingerprint density at radius 2 is 2.10 bits per heavy atom. The first-order valence-corrected chi connectivity index (χ1v) is 7.19. The number of H-pyrrole nitrogens is 1. The fourth-order valence-corrected chi connectivity index (χ4v) is 3.10. The molecule has 2 aromatic rings. The van der Waals surface area contributed by atoms with E-state index in [-0.39, 0.29) is 11.9 Å². The van der Waals surface area contributed by atoms with Crippen LogP contribution in [-0.4, -0.2) is 39.5 Å². The van der Waals surface area contributed by atoms with E-state index in [0.29, 0.717) is 18.7 Å². The molecule has 1 aliphatic heterocycles. The number of carbonyl (C=O) groups excluding carboxylic acids is 1. The Kier molecular flexibility index (Phi) is 3.41. The van der Waals surface area contributed by atoms with Gasteiger partial charge in [-0.1, -0.05) is 18.2 Å². The maximum absolute atomic E-state index is 12.6. The van der Waals surface area contributed by atoms with Crippen LogP contribution < -0.4 is 0 Å². The number of amides is 1. The van der Waals surface area contributed by atoms with Gasteiger partial charge in [0.25, 0.3) is 5.91 Å². The smallest absolute Gasteiger partial charge is 0.308 e. The fraction of sp³-hybridized carbons (Fsp3) is 0.375. The molecule has 3 rings (SSSR count). The Bertz CT molecular complexity index is 659. The zero-order valence-electron chi connectivity index (χ0n) is 11.9. The van der Waals surface area contributed by atoms with Crippen molar-refractivity contribution in [2.75, 3.05) is 6.54 Å². The van der Waals surface area contributed by atoms with Crippen molar-refractivity contribution < 1.29 is 14.7 Å². The number of hydrogen-bond acceptors (Lipinski definition) is 2. The lowest BCUT2D eigenvalue weighted by molar-refractivity contribution is -0.144. The Morgan fingerprint density at radius 3 is 2.81 bits per heavy atom. The standard InChI is InChI=1S/C16H18N2O3/c1-10-12(16(20)21)6-4-8-18(10)15(19)14-9-11-5-2-3-7-13(11)17-14/h2-3,5,7,9-10,12,17H,4,6,8H2,1H3,(H,20,21)/t10-,12-/m1/s1. The van der Waals surface area contributed by atoms with Gasteiger partial charge < -0.3 is 15.0 Å². The molecule has 0 radical (unpaired) electrons. The van der Waals surface area contributed by atoms with Crippen molar-refractivity contribution in [1.82, 2.24) is 9.88 Å². The lowest BCUT2D eigenvalue weighted by Crippen LogP contribution is -2.49. The average molecular weight is 286 g/mol. The lowest BCUT2D eigenvalue weighted by atomic mass is 9.90. The molecular formula is C16H18N2O3. The third-order valence-corrected chi connectivity index (χ3v) is 4.33. The predicted octanol–water partition coefficient (Wildman–Crippen LogP) is 2.49. The Hall–Kier alpha value is -2.30. The van der Waals surface area contributed by atoms with Crippen molar-refractivity contribution in [3.63, 3.8) is 0 Å². The van der Waals surface area contributed by atoms with Crippen LogP contribution in [0.4, 0.5) is 0 Å². The van der Waals surface area contributed by atoms with E-state index < -0.39 is 11.9 Å². The number of fused-ring (bicyclic) bond motifs is 1. The first-order chi connectivity index (χ1) is 10.1. The van der Waals surface area contributed by atoms with Gasteiger partial charge >= 0.3 is 5.97 Å². The van der Waals surface area contributed by atoms with Crippen LogP contribution in [-0.2, 0) is 4.79 Å². The van der Waals surface area contributed by atoms with E-state index >= 15 is 0 Å². The van der Waals surface area contributed by atoms with Gasteiger partial charge in [-0.05, 0) is 31.9 Å². The molecule has 1 aliphatic rings. The number of nitrogens with one attached hydrogen (secondary N) is 1. The number of benzene rings is 1. The summed E-state index contributed by atoms with van der Waals surface area (Å²) in [6, 6.07) is 9.25.